The minimum absolute atomic E-state index is 0.192. The second-order valence-corrected chi connectivity index (χ2v) is 12.1. The van der Waals surface area contributed by atoms with Gasteiger partial charge in [0.2, 0.25) is 0 Å². The van der Waals surface area contributed by atoms with Crippen LogP contribution in [0.5, 0.6) is 0 Å². The topological polar surface area (TPSA) is 58.3 Å². The molecule has 0 spiro atoms. The monoisotopic (exact) mass is 599 g/mol. The minimum Gasteiger partial charge on any atom is -0.468 e. The molecule has 8 aromatic rings. The van der Waals surface area contributed by atoms with E-state index in [0.717, 1.165) is 71.1 Å². The van der Waals surface area contributed by atoms with Crippen LogP contribution in [0.4, 0.5) is 34.1 Å². The van der Waals surface area contributed by atoms with Gasteiger partial charge >= 0.3 is 6.71 Å². The molecule has 0 aliphatic carbocycles. The summed E-state index contributed by atoms with van der Waals surface area (Å²) in [6.07, 6.45) is 6.54. The molecule has 0 N–H and O–H groups in total. The average molecular weight is 600 g/mol. The molecular formula is C37H22BN5OS. The van der Waals surface area contributed by atoms with Crippen LogP contribution in [0.15, 0.2) is 139 Å². The summed E-state index contributed by atoms with van der Waals surface area (Å²) in [5.41, 5.74) is 8.59. The van der Waals surface area contributed by atoms with Crippen LogP contribution < -0.4 is 25.7 Å². The van der Waals surface area contributed by atoms with Gasteiger partial charge in [0.1, 0.15) is 11.2 Å². The van der Waals surface area contributed by atoms with Crippen molar-refractivity contribution in [2.75, 3.05) is 9.80 Å². The Labute approximate surface area is 268 Å². The van der Waals surface area contributed by atoms with Crippen molar-refractivity contribution >= 4 is 89.1 Å². The third-order valence-corrected chi connectivity index (χ3v) is 9.86. The van der Waals surface area contributed by atoms with Crippen molar-refractivity contribution < 1.29 is 9.90 Å². The molecule has 0 atom stereocenters. The van der Waals surface area contributed by atoms with Crippen LogP contribution in [-0.2, 0) is 0 Å². The Morgan fingerprint density at radius 1 is 0.733 bits per heavy atom. The lowest BCUT2D eigenvalue weighted by molar-refractivity contribution is 0.651. The lowest BCUT2D eigenvalue weighted by atomic mass is 9.38. The van der Waals surface area contributed by atoms with Crippen LogP contribution in [0.2, 0.25) is 0 Å². The standard InChI is InChI=1S/C37H22BN5OS/c1-3-13-31-27(11-1)34-36(44-31)38-33-29(42(34)25-9-6-16-40-21-25)18-24(23-8-5-15-39-20-23)19-30(33)43(26-10-7-17-41-22-26)35-28-12-2-4-14-32(28)45-37(35)38/h1-22H/i5D,8D,15D,20D. The van der Waals surface area contributed by atoms with Gasteiger partial charge < -0.3 is 14.2 Å². The second kappa shape index (κ2) is 9.39. The zero-order chi connectivity index (χ0) is 33.0. The number of hydrogen-bond donors (Lipinski definition) is 0. The number of hydrogen-bond acceptors (Lipinski definition) is 7. The Balaban J connectivity index is 1.41. The Bertz CT molecular complexity index is 2500. The Kier molecular flexibility index (Phi) is 4.39. The van der Waals surface area contributed by atoms with Crippen molar-refractivity contribution in [3.05, 3.63) is 134 Å². The first-order chi connectivity index (χ1) is 24.0. The first-order valence-electron chi connectivity index (χ1n) is 16.6. The number of fused-ring (bicyclic) bond motifs is 8. The molecule has 0 amide bonds. The molecule has 2 aliphatic heterocycles. The SMILES string of the molecule is [2H]c1nc([2H])c(-c2cc3c4c(c2)N(c2cccnc2)c2c(sc5ccccc25)B4c2oc4ccccc4c2N3c2cccnc2)c([2H])c1[2H]. The van der Waals surface area contributed by atoms with Gasteiger partial charge in [0.05, 0.1) is 40.6 Å². The second-order valence-electron chi connectivity index (χ2n) is 11.0. The van der Waals surface area contributed by atoms with E-state index >= 15 is 0 Å². The number of furan rings is 1. The molecule has 10 rings (SSSR count). The smallest absolute Gasteiger partial charge is 0.309 e. The van der Waals surface area contributed by atoms with E-state index in [9.17, 15) is 0 Å². The van der Waals surface area contributed by atoms with E-state index < -0.39 is 6.17 Å². The molecule has 0 bridgehead atoms. The lowest BCUT2D eigenvalue weighted by Gasteiger charge is -2.41. The maximum absolute atomic E-state index is 8.94. The lowest BCUT2D eigenvalue weighted by Crippen LogP contribution is -2.60. The first kappa shape index (κ1) is 21.1. The maximum Gasteiger partial charge on any atom is 0.309 e. The van der Waals surface area contributed by atoms with Crippen molar-refractivity contribution in [3.63, 3.8) is 0 Å². The molecule has 7 heterocycles. The highest BCUT2D eigenvalue weighted by molar-refractivity contribution is 7.33. The summed E-state index contributed by atoms with van der Waals surface area (Å²) in [5, 5.41) is 2.04. The summed E-state index contributed by atoms with van der Waals surface area (Å²) in [6, 6.07) is 27.7. The number of pyridine rings is 3. The van der Waals surface area contributed by atoms with Crippen LogP contribution in [0.3, 0.4) is 0 Å². The maximum atomic E-state index is 8.94. The van der Waals surface area contributed by atoms with Gasteiger partial charge in [0, 0.05) is 61.9 Å². The van der Waals surface area contributed by atoms with E-state index in [1.54, 1.807) is 23.7 Å². The molecule has 6 nitrogen and oxygen atoms in total. The number of thiophene rings is 1. The molecule has 0 fully saturated rings. The van der Waals surface area contributed by atoms with E-state index in [0.29, 0.717) is 5.56 Å². The zero-order valence-corrected chi connectivity index (χ0v) is 24.3. The van der Waals surface area contributed by atoms with Gasteiger partial charge in [-0.25, -0.2) is 0 Å². The van der Waals surface area contributed by atoms with Crippen LogP contribution in [0.1, 0.15) is 5.48 Å². The van der Waals surface area contributed by atoms with Gasteiger partial charge in [0.15, 0.2) is 0 Å². The van der Waals surface area contributed by atoms with E-state index in [4.69, 9.17) is 9.90 Å². The molecule has 0 saturated heterocycles. The summed E-state index contributed by atoms with van der Waals surface area (Å²) in [5.74, 6) is 0. The van der Waals surface area contributed by atoms with E-state index in [2.05, 4.69) is 49.0 Å². The molecule has 0 unspecified atom stereocenters. The number of aromatic nitrogens is 3. The molecule has 0 radical (unpaired) electrons. The summed E-state index contributed by atoms with van der Waals surface area (Å²) in [6.45, 7) is -0.277. The van der Waals surface area contributed by atoms with Gasteiger partial charge in [-0.1, -0.05) is 36.4 Å². The molecule has 3 aromatic carbocycles. The van der Waals surface area contributed by atoms with Crippen LogP contribution in [-0.4, -0.2) is 21.7 Å². The largest absolute Gasteiger partial charge is 0.468 e. The van der Waals surface area contributed by atoms with Crippen LogP contribution in [0.25, 0.3) is 32.2 Å². The highest BCUT2D eigenvalue weighted by atomic mass is 32.1. The number of benzene rings is 3. The molecule has 2 aliphatic rings. The van der Waals surface area contributed by atoms with E-state index in [1.165, 1.54) is 0 Å². The number of anilines is 6. The van der Waals surface area contributed by atoms with Crippen molar-refractivity contribution in [2.45, 2.75) is 0 Å². The van der Waals surface area contributed by atoms with Crippen LogP contribution >= 0.6 is 11.3 Å². The van der Waals surface area contributed by atoms with Gasteiger partial charge in [-0.2, -0.15) is 0 Å². The fourth-order valence-corrected chi connectivity index (χ4v) is 8.18. The van der Waals surface area contributed by atoms with Crippen molar-refractivity contribution in [1.29, 1.82) is 0 Å². The van der Waals surface area contributed by atoms with E-state index in [-0.39, 0.29) is 30.5 Å². The molecule has 5 aromatic heterocycles. The summed E-state index contributed by atoms with van der Waals surface area (Å²) in [4.78, 5) is 17.5. The first-order valence-corrected chi connectivity index (χ1v) is 15.4. The Morgan fingerprint density at radius 2 is 1.44 bits per heavy atom. The normalized spacial score (nSPS) is 14.4. The van der Waals surface area contributed by atoms with Gasteiger partial charge in [-0.15, -0.1) is 11.3 Å². The predicted molar refractivity (Wildman–Crippen MR) is 184 cm³/mol. The predicted octanol–water partition coefficient (Wildman–Crippen LogP) is 7.58. The summed E-state index contributed by atoms with van der Waals surface area (Å²) < 4.78 is 43.5. The van der Waals surface area contributed by atoms with Crippen molar-refractivity contribution in [1.82, 2.24) is 15.0 Å². The third kappa shape index (κ3) is 3.48. The van der Waals surface area contributed by atoms with E-state index in [1.807, 2.05) is 73.1 Å². The average Bonchev–Trinajstić information content (AvgIpc) is 3.70. The third-order valence-electron chi connectivity index (χ3n) is 8.63. The zero-order valence-electron chi connectivity index (χ0n) is 27.5. The van der Waals surface area contributed by atoms with Crippen LogP contribution in [0, 0.1) is 0 Å². The number of para-hydroxylation sites is 1. The number of nitrogens with zero attached hydrogens (tertiary/aromatic N) is 5. The van der Waals surface area contributed by atoms with Crippen molar-refractivity contribution in [3.8, 4) is 11.1 Å². The molecule has 8 heteroatoms. The minimum atomic E-state index is -0.393. The quantitative estimate of drug-likeness (QED) is 0.195. The van der Waals surface area contributed by atoms with Gasteiger partial charge in [-0.05, 0) is 71.7 Å². The number of rotatable bonds is 3. The van der Waals surface area contributed by atoms with Gasteiger partial charge in [-0.3, -0.25) is 15.0 Å². The summed E-state index contributed by atoms with van der Waals surface area (Å²) in [7, 11) is 0. The fraction of sp³-hybridized carbons (Fsp3) is 0. The molecule has 45 heavy (non-hydrogen) atoms. The highest BCUT2D eigenvalue weighted by Crippen LogP contribution is 2.50. The molecule has 0 saturated carbocycles. The Morgan fingerprint density at radius 3 is 2.20 bits per heavy atom. The highest BCUT2D eigenvalue weighted by Gasteiger charge is 2.48. The van der Waals surface area contributed by atoms with Crippen molar-refractivity contribution in [2.24, 2.45) is 0 Å². The fourth-order valence-electron chi connectivity index (χ4n) is 6.88. The molecular weight excluding hydrogens is 573 g/mol. The Hall–Kier alpha value is -5.73. The molecule has 210 valence electrons. The van der Waals surface area contributed by atoms with Gasteiger partial charge in [0.25, 0.3) is 0 Å². The summed E-state index contributed by atoms with van der Waals surface area (Å²) >= 11 is 1.75.